The first-order valence-corrected chi connectivity index (χ1v) is 4.38. The second kappa shape index (κ2) is 4.50. The zero-order valence-electron chi connectivity index (χ0n) is 8.40. The van der Waals surface area contributed by atoms with Crippen LogP contribution in [0.25, 0.3) is 0 Å². The van der Waals surface area contributed by atoms with Gasteiger partial charge in [-0.05, 0) is 6.07 Å². The van der Waals surface area contributed by atoms with Gasteiger partial charge in [0.2, 0.25) is 5.91 Å². The summed E-state index contributed by atoms with van der Waals surface area (Å²) in [5, 5.41) is 0. The molecule has 0 unspecified atom stereocenters. The van der Waals surface area contributed by atoms with Crippen LogP contribution in [-0.4, -0.2) is 23.1 Å². The van der Waals surface area contributed by atoms with Gasteiger partial charge in [0.05, 0.1) is 12.1 Å². The normalized spacial score (nSPS) is 9.93. The number of primary amides is 1. The van der Waals surface area contributed by atoms with Gasteiger partial charge in [0.25, 0.3) is 0 Å². The van der Waals surface area contributed by atoms with E-state index in [1.807, 2.05) is 0 Å². The number of aromatic nitrogens is 1. The summed E-state index contributed by atoms with van der Waals surface area (Å²) in [6.45, 7) is -0.0146. The summed E-state index contributed by atoms with van der Waals surface area (Å²) in [5.74, 6) is -1.02. The molecule has 15 heavy (non-hydrogen) atoms. The Balaban J connectivity index is 2.54. The van der Waals surface area contributed by atoms with Crippen LogP contribution in [0.4, 0.5) is 5.69 Å². The predicted molar refractivity (Wildman–Crippen MR) is 53.9 cm³/mol. The number of amides is 1. The number of carbonyl (C=O) groups excluding carboxylic acids is 2. The third-order valence-corrected chi connectivity index (χ3v) is 1.82. The largest absolute Gasteiger partial charge is 0.460 e. The molecule has 0 radical (unpaired) electrons. The molecule has 1 heterocycles. The van der Waals surface area contributed by atoms with E-state index in [0.29, 0.717) is 11.4 Å². The minimum Gasteiger partial charge on any atom is -0.460 e. The third-order valence-electron chi connectivity index (χ3n) is 1.82. The second-order valence-corrected chi connectivity index (χ2v) is 3.12. The Morgan fingerprint density at radius 2 is 2.20 bits per heavy atom. The fraction of sp³-hybridized carbons (Fsp3) is 0.333. The molecule has 0 spiro atoms. The first-order valence-electron chi connectivity index (χ1n) is 4.38. The van der Waals surface area contributed by atoms with Crippen LogP contribution in [0, 0.1) is 0 Å². The van der Waals surface area contributed by atoms with Crippen molar-refractivity contribution in [2.75, 3.05) is 12.3 Å². The summed E-state index contributed by atoms with van der Waals surface area (Å²) in [5.41, 5.74) is 11.2. The monoisotopic (exact) mass is 211 g/mol. The molecule has 1 rings (SSSR count). The molecule has 0 saturated carbocycles. The van der Waals surface area contributed by atoms with Crippen molar-refractivity contribution in [3.05, 3.63) is 18.0 Å². The van der Waals surface area contributed by atoms with Crippen LogP contribution in [0.15, 0.2) is 12.3 Å². The number of hydrogen-bond donors (Lipinski definition) is 2. The number of nitrogens with zero attached hydrogens (tertiary/aromatic N) is 1. The van der Waals surface area contributed by atoms with Crippen molar-refractivity contribution in [2.45, 2.75) is 6.42 Å². The Morgan fingerprint density at radius 3 is 2.67 bits per heavy atom. The van der Waals surface area contributed by atoms with Gasteiger partial charge < -0.3 is 20.8 Å². The van der Waals surface area contributed by atoms with Gasteiger partial charge in [0.15, 0.2) is 0 Å². The van der Waals surface area contributed by atoms with E-state index < -0.39 is 11.9 Å². The van der Waals surface area contributed by atoms with Crippen molar-refractivity contribution in [1.82, 2.24) is 4.57 Å². The molecule has 6 heteroatoms. The lowest BCUT2D eigenvalue weighted by atomic mass is 10.4. The molecule has 0 bridgehead atoms. The third kappa shape index (κ3) is 3.01. The second-order valence-electron chi connectivity index (χ2n) is 3.12. The number of esters is 1. The van der Waals surface area contributed by atoms with Crippen LogP contribution in [-0.2, 0) is 16.6 Å². The van der Waals surface area contributed by atoms with E-state index in [4.69, 9.17) is 16.2 Å². The van der Waals surface area contributed by atoms with Crippen LogP contribution in [0.2, 0.25) is 0 Å². The fourth-order valence-electron chi connectivity index (χ4n) is 1.11. The topological polar surface area (TPSA) is 100 Å². The van der Waals surface area contributed by atoms with E-state index in [1.165, 1.54) is 6.07 Å². The first kappa shape index (κ1) is 11.1. The van der Waals surface area contributed by atoms with Crippen LogP contribution in [0.1, 0.15) is 16.9 Å². The Morgan fingerprint density at radius 1 is 1.53 bits per heavy atom. The number of ether oxygens (including phenoxy) is 1. The predicted octanol–water partition coefficient (Wildman–Crippen LogP) is -0.360. The Hall–Kier alpha value is -1.98. The minimum absolute atomic E-state index is 0.0146. The van der Waals surface area contributed by atoms with Crippen LogP contribution >= 0.6 is 0 Å². The SMILES string of the molecule is Cn1cc(N)cc1C(=O)OCCC(N)=O. The molecule has 1 aromatic rings. The average molecular weight is 211 g/mol. The zero-order valence-corrected chi connectivity index (χ0v) is 8.40. The highest BCUT2D eigenvalue weighted by atomic mass is 16.5. The lowest BCUT2D eigenvalue weighted by molar-refractivity contribution is -0.118. The number of rotatable bonds is 4. The fourth-order valence-corrected chi connectivity index (χ4v) is 1.11. The molecule has 1 aromatic heterocycles. The molecular formula is C9H13N3O3. The van der Waals surface area contributed by atoms with Crippen LogP contribution < -0.4 is 11.5 Å². The molecule has 0 aromatic carbocycles. The summed E-state index contributed by atoms with van der Waals surface area (Å²) in [7, 11) is 1.68. The molecule has 4 N–H and O–H groups in total. The average Bonchev–Trinajstić information content (AvgIpc) is 2.44. The Bertz CT molecular complexity index is 384. The molecule has 1 amide bonds. The summed E-state index contributed by atoms with van der Waals surface area (Å²) >= 11 is 0. The molecule has 0 aliphatic heterocycles. The molecule has 0 fully saturated rings. The van der Waals surface area contributed by atoms with Crippen LogP contribution in [0.5, 0.6) is 0 Å². The van der Waals surface area contributed by atoms with Gasteiger partial charge in [-0.2, -0.15) is 0 Å². The maximum Gasteiger partial charge on any atom is 0.355 e. The maximum absolute atomic E-state index is 11.4. The molecule has 0 aliphatic carbocycles. The van der Waals surface area contributed by atoms with E-state index in [1.54, 1.807) is 17.8 Å². The number of aryl methyl sites for hydroxylation is 1. The standard InChI is InChI=1S/C9H13N3O3/c1-12-5-6(10)4-7(12)9(14)15-3-2-8(11)13/h4-5H,2-3,10H2,1H3,(H2,11,13). The lowest BCUT2D eigenvalue weighted by Gasteiger charge is -2.03. The van der Waals surface area contributed by atoms with Gasteiger partial charge >= 0.3 is 5.97 Å². The molecule has 6 nitrogen and oxygen atoms in total. The van der Waals surface area contributed by atoms with Crippen molar-refractivity contribution in [3.63, 3.8) is 0 Å². The zero-order chi connectivity index (χ0) is 11.4. The van der Waals surface area contributed by atoms with Gasteiger partial charge in [0.1, 0.15) is 12.3 Å². The van der Waals surface area contributed by atoms with Gasteiger partial charge in [-0.15, -0.1) is 0 Å². The maximum atomic E-state index is 11.4. The summed E-state index contributed by atoms with van der Waals surface area (Å²) < 4.78 is 6.37. The quantitative estimate of drug-likeness (QED) is 0.664. The van der Waals surface area contributed by atoms with E-state index in [-0.39, 0.29) is 13.0 Å². The molecule has 82 valence electrons. The lowest BCUT2D eigenvalue weighted by Crippen LogP contribution is -2.16. The highest BCUT2D eigenvalue weighted by molar-refractivity contribution is 5.89. The van der Waals surface area contributed by atoms with Crippen molar-refractivity contribution in [3.8, 4) is 0 Å². The van der Waals surface area contributed by atoms with E-state index in [0.717, 1.165) is 0 Å². The van der Waals surface area contributed by atoms with E-state index in [2.05, 4.69) is 0 Å². The summed E-state index contributed by atoms with van der Waals surface area (Å²) in [6.07, 6.45) is 1.62. The van der Waals surface area contributed by atoms with Gasteiger partial charge in [-0.1, -0.05) is 0 Å². The van der Waals surface area contributed by atoms with Crippen LogP contribution in [0.3, 0.4) is 0 Å². The van der Waals surface area contributed by atoms with Crippen molar-refractivity contribution in [1.29, 1.82) is 0 Å². The highest BCUT2D eigenvalue weighted by Crippen LogP contribution is 2.09. The molecule has 0 saturated heterocycles. The molecule has 0 aliphatic rings. The van der Waals surface area contributed by atoms with Crippen molar-refractivity contribution < 1.29 is 14.3 Å². The van der Waals surface area contributed by atoms with Gasteiger partial charge in [0, 0.05) is 13.2 Å². The number of nitrogens with two attached hydrogens (primary N) is 2. The first-order chi connectivity index (χ1) is 7.00. The van der Waals surface area contributed by atoms with E-state index >= 15 is 0 Å². The molecular weight excluding hydrogens is 198 g/mol. The highest BCUT2D eigenvalue weighted by Gasteiger charge is 2.12. The summed E-state index contributed by atoms with van der Waals surface area (Å²) in [6, 6.07) is 1.51. The Labute approximate surface area is 86.8 Å². The van der Waals surface area contributed by atoms with Gasteiger partial charge in [-0.25, -0.2) is 4.79 Å². The number of hydrogen-bond acceptors (Lipinski definition) is 4. The van der Waals surface area contributed by atoms with Crippen molar-refractivity contribution in [2.24, 2.45) is 12.8 Å². The Kier molecular flexibility index (Phi) is 3.33. The summed E-state index contributed by atoms with van der Waals surface area (Å²) in [4.78, 5) is 21.8. The number of nitrogen functional groups attached to an aromatic ring is 1. The number of anilines is 1. The van der Waals surface area contributed by atoms with E-state index in [9.17, 15) is 9.59 Å². The smallest absolute Gasteiger partial charge is 0.355 e. The van der Waals surface area contributed by atoms with Gasteiger partial charge in [-0.3, -0.25) is 4.79 Å². The molecule has 0 atom stereocenters. The minimum atomic E-state index is -0.518. The number of carbonyl (C=O) groups is 2. The van der Waals surface area contributed by atoms with Crippen molar-refractivity contribution >= 4 is 17.6 Å².